The molecule has 1 aliphatic heterocycles. The molecule has 0 aromatic rings. The zero-order valence-electron chi connectivity index (χ0n) is 11.4. The van der Waals surface area contributed by atoms with Gasteiger partial charge in [-0.25, -0.2) is 0 Å². The number of carbonyl (C=O) groups is 1. The van der Waals surface area contributed by atoms with Crippen molar-refractivity contribution in [2.75, 3.05) is 34.2 Å². The summed E-state index contributed by atoms with van der Waals surface area (Å²) in [4.78, 5) is 15.2. The van der Waals surface area contributed by atoms with Crippen LogP contribution in [-0.2, 0) is 4.79 Å². The molecule has 4 nitrogen and oxygen atoms in total. The first-order valence-corrected chi connectivity index (χ1v) is 6.57. The Hall–Kier alpha value is -0.610. The van der Waals surface area contributed by atoms with Gasteiger partial charge in [-0.15, -0.1) is 0 Å². The lowest BCUT2D eigenvalue weighted by Gasteiger charge is -2.37. The Morgan fingerprint density at radius 1 is 1.41 bits per heavy atom. The van der Waals surface area contributed by atoms with Crippen molar-refractivity contribution in [2.45, 2.75) is 38.1 Å². The van der Waals surface area contributed by atoms with Gasteiger partial charge in [0.15, 0.2) is 0 Å². The zero-order chi connectivity index (χ0) is 12.8. The molecular weight excluding hydrogens is 216 g/mol. The Kier molecular flexibility index (Phi) is 5.92. The molecule has 1 unspecified atom stereocenters. The highest BCUT2D eigenvalue weighted by molar-refractivity contribution is 5.66. The molecule has 17 heavy (non-hydrogen) atoms. The lowest BCUT2D eigenvalue weighted by molar-refractivity contribution is -0.137. The largest absolute Gasteiger partial charge is 0.481 e. The molecule has 1 N–H and O–H groups in total. The van der Waals surface area contributed by atoms with Gasteiger partial charge in [-0.3, -0.25) is 4.79 Å². The van der Waals surface area contributed by atoms with E-state index in [4.69, 9.17) is 5.11 Å². The van der Waals surface area contributed by atoms with Gasteiger partial charge in [0, 0.05) is 12.5 Å². The van der Waals surface area contributed by atoms with Crippen molar-refractivity contribution in [3.63, 3.8) is 0 Å². The second kappa shape index (κ2) is 6.97. The van der Waals surface area contributed by atoms with Gasteiger partial charge in [0.05, 0.1) is 0 Å². The van der Waals surface area contributed by atoms with Crippen LogP contribution in [0.25, 0.3) is 0 Å². The third kappa shape index (κ3) is 5.04. The Labute approximate surface area is 105 Å². The van der Waals surface area contributed by atoms with Crippen LogP contribution in [0.5, 0.6) is 0 Å². The van der Waals surface area contributed by atoms with E-state index in [-0.39, 0.29) is 0 Å². The molecule has 0 radical (unpaired) electrons. The number of carboxylic acids is 1. The van der Waals surface area contributed by atoms with Crippen molar-refractivity contribution in [3.05, 3.63) is 0 Å². The molecule has 0 bridgehead atoms. The number of hydrogen-bond donors (Lipinski definition) is 1. The number of rotatable bonds is 6. The highest BCUT2D eigenvalue weighted by Gasteiger charge is 2.26. The first kappa shape index (κ1) is 14.5. The minimum atomic E-state index is -0.675. The molecule has 4 heteroatoms. The Bertz CT molecular complexity index is 236. The summed E-state index contributed by atoms with van der Waals surface area (Å²) in [5.74, 6) is 0.0564. The molecule has 1 rings (SSSR count). The van der Waals surface area contributed by atoms with Gasteiger partial charge in [-0.05, 0) is 65.8 Å². The van der Waals surface area contributed by atoms with Gasteiger partial charge in [-0.1, -0.05) is 0 Å². The zero-order valence-corrected chi connectivity index (χ0v) is 11.4. The SMILES string of the molecule is CN1CCC(C(CCCC(=O)O)N(C)C)CC1. The Morgan fingerprint density at radius 3 is 2.47 bits per heavy atom. The number of carboxylic acid groups (broad SMARTS) is 1. The van der Waals surface area contributed by atoms with E-state index < -0.39 is 5.97 Å². The van der Waals surface area contributed by atoms with Crippen molar-refractivity contribution in [1.82, 2.24) is 9.80 Å². The molecule has 0 aromatic heterocycles. The van der Waals surface area contributed by atoms with Crippen molar-refractivity contribution >= 4 is 5.97 Å². The van der Waals surface area contributed by atoms with Gasteiger partial charge < -0.3 is 14.9 Å². The third-order valence-electron chi connectivity index (χ3n) is 3.86. The Morgan fingerprint density at radius 2 is 2.00 bits per heavy atom. The normalized spacial score (nSPS) is 20.7. The van der Waals surface area contributed by atoms with Crippen molar-refractivity contribution in [1.29, 1.82) is 0 Å². The molecule has 1 aliphatic rings. The molecular formula is C13H26N2O2. The maximum atomic E-state index is 10.5. The molecule has 100 valence electrons. The first-order valence-electron chi connectivity index (χ1n) is 6.57. The van der Waals surface area contributed by atoms with Crippen LogP contribution in [0.15, 0.2) is 0 Å². The van der Waals surface area contributed by atoms with Crippen LogP contribution in [-0.4, -0.2) is 61.2 Å². The molecule has 1 atom stereocenters. The maximum Gasteiger partial charge on any atom is 0.303 e. The predicted molar refractivity (Wildman–Crippen MR) is 69.2 cm³/mol. The van der Waals surface area contributed by atoms with E-state index in [9.17, 15) is 4.79 Å². The van der Waals surface area contributed by atoms with Crippen LogP contribution in [0.1, 0.15) is 32.1 Å². The molecule has 0 amide bonds. The fraction of sp³-hybridized carbons (Fsp3) is 0.923. The van der Waals surface area contributed by atoms with Gasteiger partial charge in [0.1, 0.15) is 0 Å². The molecule has 0 aliphatic carbocycles. The summed E-state index contributed by atoms with van der Waals surface area (Å²) in [6, 6.07) is 0.544. The first-order chi connectivity index (χ1) is 8.00. The van der Waals surface area contributed by atoms with Crippen LogP contribution >= 0.6 is 0 Å². The quantitative estimate of drug-likeness (QED) is 0.767. The average Bonchev–Trinajstić information content (AvgIpc) is 2.25. The fourth-order valence-corrected chi connectivity index (χ4v) is 2.79. The van der Waals surface area contributed by atoms with Crippen molar-refractivity contribution < 1.29 is 9.90 Å². The predicted octanol–water partition coefficient (Wildman–Crippen LogP) is 1.51. The molecule has 0 aromatic carbocycles. The second-order valence-corrected chi connectivity index (χ2v) is 5.46. The molecule has 1 fully saturated rings. The van der Waals surface area contributed by atoms with Crippen molar-refractivity contribution in [3.8, 4) is 0 Å². The number of likely N-dealkylation sites (tertiary alicyclic amines) is 1. The van der Waals surface area contributed by atoms with E-state index >= 15 is 0 Å². The van der Waals surface area contributed by atoms with E-state index in [2.05, 4.69) is 30.9 Å². The highest BCUT2D eigenvalue weighted by Crippen LogP contribution is 2.25. The standard InChI is InChI=1S/C13H26N2O2/c1-14(2)12(5-4-6-13(16)17)11-7-9-15(3)10-8-11/h11-12H,4-10H2,1-3H3,(H,16,17). The number of nitrogens with zero attached hydrogens (tertiary/aromatic N) is 2. The van der Waals surface area contributed by atoms with Gasteiger partial charge >= 0.3 is 5.97 Å². The summed E-state index contributed by atoms with van der Waals surface area (Å²) in [6.45, 7) is 2.35. The number of piperidine rings is 1. The molecule has 1 heterocycles. The smallest absolute Gasteiger partial charge is 0.303 e. The fourth-order valence-electron chi connectivity index (χ4n) is 2.79. The average molecular weight is 242 g/mol. The summed E-state index contributed by atoms with van der Waals surface area (Å²) in [6.07, 6.45) is 4.59. The monoisotopic (exact) mass is 242 g/mol. The van der Waals surface area contributed by atoms with Crippen LogP contribution in [0.2, 0.25) is 0 Å². The summed E-state index contributed by atoms with van der Waals surface area (Å²) < 4.78 is 0. The van der Waals surface area contributed by atoms with Gasteiger partial charge in [-0.2, -0.15) is 0 Å². The lowest BCUT2D eigenvalue weighted by Crippen LogP contribution is -2.41. The minimum absolute atomic E-state index is 0.303. The van der Waals surface area contributed by atoms with Crippen LogP contribution in [0, 0.1) is 5.92 Å². The second-order valence-electron chi connectivity index (χ2n) is 5.46. The number of aliphatic carboxylic acids is 1. The van der Waals surface area contributed by atoms with E-state index in [0.717, 1.165) is 18.8 Å². The highest BCUT2D eigenvalue weighted by atomic mass is 16.4. The van der Waals surface area contributed by atoms with Crippen LogP contribution in [0.4, 0.5) is 0 Å². The van der Waals surface area contributed by atoms with Gasteiger partial charge in [0.2, 0.25) is 0 Å². The van der Waals surface area contributed by atoms with E-state index in [1.165, 1.54) is 25.9 Å². The minimum Gasteiger partial charge on any atom is -0.481 e. The molecule has 1 saturated heterocycles. The summed E-state index contributed by atoms with van der Waals surface area (Å²) in [5.41, 5.74) is 0. The summed E-state index contributed by atoms with van der Waals surface area (Å²) in [7, 11) is 6.40. The summed E-state index contributed by atoms with van der Waals surface area (Å²) in [5, 5.41) is 8.69. The van der Waals surface area contributed by atoms with Crippen LogP contribution in [0.3, 0.4) is 0 Å². The Balaban J connectivity index is 2.39. The van der Waals surface area contributed by atoms with E-state index in [1.807, 2.05) is 0 Å². The van der Waals surface area contributed by atoms with E-state index in [1.54, 1.807) is 0 Å². The molecule has 0 saturated carbocycles. The third-order valence-corrected chi connectivity index (χ3v) is 3.86. The van der Waals surface area contributed by atoms with Crippen LogP contribution < -0.4 is 0 Å². The maximum absolute atomic E-state index is 10.5. The number of hydrogen-bond acceptors (Lipinski definition) is 3. The molecule has 0 spiro atoms. The van der Waals surface area contributed by atoms with Crippen molar-refractivity contribution in [2.24, 2.45) is 5.92 Å². The lowest BCUT2D eigenvalue weighted by atomic mass is 9.86. The topological polar surface area (TPSA) is 43.8 Å². The van der Waals surface area contributed by atoms with E-state index in [0.29, 0.717) is 12.5 Å². The summed E-state index contributed by atoms with van der Waals surface area (Å²) >= 11 is 0. The van der Waals surface area contributed by atoms with Gasteiger partial charge in [0.25, 0.3) is 0 Å².